The van der Waals surface area contributed by atoms with Gasteiger partial charge in [0.15, 0.2) is 17.0 Å². The lowest BCUT2D eigenvalue weighted by Crippen LogP contribution is -2.26. The number of imidazole rings is 1. The number of aromatic nitrogens is 4. The second kappa shape index (κ2) is 11.6. The molecule has 4 aromatic rings. The number of fused-ring (bicyclic) bond motifs is 1. The highest BCUT2D eigenvalue weighted by molar-refractivity contribution is 6.33. The molecule has 0 spiro atoms. The van der Waals surface area contributed by atoms with Crippen LogP contribution in [-0.4, -0.2) is 44.7 Å². The van der Waals surface area contributed by atoms with E-state index in [4.69, 9.17) is 37.7 Å². The molecular weight excluding hydrogens is 525 g/mol. The van der Waals surface area contributed by atoms with Crippen LogP contribution in [0.1, 0.15) is 39.7 Å². The Balaban J connectivity index is 1.71. The number of nitrogens with zero attached hydrogens (tertiary/aromatic N) is 4. The van der Waals surface area contributed by atoms with E-state index in [1.807, 2.05) is 41.0 Å². The Morgan fingerprint density at radius 1 is 1.13 bits per heavy atom. The lowest BCUT2D eigenvalue weighted by molar-refractivity contribution is -0.145. The van der Waals surface area contributed by atoms with E-state index >= 15 is 0 Å². The zero-order chi connectivity index (χ0) is 27.4. The number of rotatable bonds is 9. The van der Waals surface area contributed by atoms with Crippen LogP contribution in [0.2, 0.25) is 10.0 Å². The SMILES string of the molecule is COC(=O)C(C)CCOc1ccc(-c2nc3c(NC(C)(C)C)ncnc3n2Cc2cccc(Cl)c2)c(Cl)c1. The largest absolute Gasteiger partial charge is 0.494 e. The van der Waals surface area contributed by atoms with Gasteiger partial charge in [0.1, 0.15) is 17.9 Å². The number of esters is 1. The maximum absolute atomic E-state index is 11.6. The number of carbonyl (C=O) groups is 1. The van der Waals surface area contributed by atoms with Crippen LogP contribution in [0.3, 0.4) is 0 Å². The summed E-state index contributed by atoms with van der Waals surface area (Å²) >= 11 is 13.0. The van der Waals surface area contributed by atoms with Gasteiger partial charge in [0.05, 0.1) is 31.2 Å². The van der Waals surface area contributed by atoms with Crippen LogP contribution in [-0.2, 0) is 16.1 Å². The molecule has 0 aliphatic carbocycles. The van der Waals surface area contributed by atoms with Gasteiger partial charge in [-0.15, -0.1) is 0 Å². The molecule has 10 heteroatoms. The standard InChI is InChI=1S/C28H31Cl2N5O3/c1-17(27(36)37-5)11-12-38-20-9-10-21(22(30)14-20)25-33-23-24(34-28(2,3)4)31-16-32-26(23)35(25)15-18-7-6-8-19(29)13-18/h6-10,13-14,16-17H,11-12,15H2,1-5H3,(H,31,32,34). The number of hydrogen-bond acceptors (Lipinski definition) is 7. The molecule has 0 radical (unpaired) electrons. The fourth-order valence-corrected chi connectivity index (χ4v) is 4.46. The van der Waals surface area contributed by atoms with Crippen molar-refractivity contribution in [3.63, 3.8) is 0 Å². The van der Waals surface area contributed by atoms with Gasteiger partial charge in [0.25, 0.3) is 0 Å². The number of hydrogen-bond donors (Lipinski definition) is 1. The van der Waals surface area contributed by atoms with Gasteiger partial charge >= 0.3 is 5.97 Å². The number of carbonyl (C=O) groups excluding carboxylic acids is 1. The maximum atomic E-state index is 11.6. The summed E-state index contributed by atoms with van der Waals surface area (Å²) in [5, 5.41) is 4.55. The van der Waals surface area contributed by atoms with Gasteiger partial charge in [0.2, 0.25) is 0 Å². The summed E-state index contributed by atoms with van der Waals surface area (Å²) in [6.45, 7) is 8.83. The molecule has 4 rings (SSSR count). The molecule has 1 atom stereocenters. The molecule has 2 aromatic carbocycles. The van der Waals surface area contributed by atoms with E-state index in [0.29, 0.717) is 58.2 Å². The Labute approximate surface area is 232 Å². The van der Waals surface area contributed by atoms with Crippen molar-refractivity contribution in [1.82, 2.24) is 19.5 Å². The maximum Gasteiger partial charge on any atom is 0.308 e. The number of benzene rings is 2. The molecule has 200 valence electrons. The monoisotopic (exact) mass is 555 g/mol. The summed E-state index contributed by atoms with van der Waals surface area (Å²) in [4.78, 5) is 25.6. The minimum absolute atomic E-state index is 0.222. The van der Waals surface area contributed by atoms with E-state index in [2.05, 4.69) is 36.1 Å². The molecule has 1 unspecified atom stereocenters. The van der Waals surface area contributed by atoms with Crippen molar-refractivity contribution in [2.75, 3.05) is 19.0 Å². The quantitative estimate of drug-likeness (QED) is 0.231. The fourth-order valence-electron chi connectivity index (χ4n) is 4.00. The average molecular weight is 556 g/mol. The van der Waals surface area contributed by atoms with Crippen LogP contribution in [0.4, 0.5) is 5.82 Å². The van der Waals surface area contributed by atoms with E-state index in [1.54, 1.807) is 13.0 Å². The summed E-state index contributed by atoms with van der Waals surface area (Å²) < 4.78 is 12.6. The van der Waals surface area contributed by atoms with E-state index in [9.17, 15) is 4.79 Å². The van der Waals surface area contributed by atoms with E-state index in [0.717, 1.165) is 11.1 Å². The van der Waals surface area contributed by atoms with Crippen LogP contribution in [0, 0.1) is 5.92 Å². The third-order valence-corrected chi connectivity index (χ3v) is 6.41. The molecule has 8 nitrogen and oxygen atoms in total. The molecular formula is C28H31Cl2N5O3. The van der Waals surface area contributed by atoms with Crippen molar-refractivity contribution in [2.45, 2.75) is 46.2 Å². The molecule has 38 heavy (non-hydrogen) atoms. The Hall–Kier alpha value is -3.36. The van der Waals surface area contributed by atoms with Crippen molar-refractivity contribution in [3.8, 4) is 17.1 Å². The first-order valence-corrected chi connectivity index (χ1v) is 13.1. The highest BCUT2D eigenvalue weighted by Crippen LogP contribution is 2.35. The predicted octanol–water partition coefficient (Wildman–Crippen LogP) is 6.64. The third-order valence-electron chi connectivity index (χ3n) is 5.86. The second-order valence-electron chi connectivity index (χ2n) is 10.1. The van der Waals surface area contributed by atoms with Gasteiger partial charge in [0, 0.05) is 16.1 Å². The molecule has 0 bridgehead atoms. The van der Waals surface area contributed by atoms with Crippen LogP contribution in [0.25, 0.3) is 22.6 Å². The molecule has 0 saturated heterocycles. The van der Waals surface area contributed by atoms with Crippen molar-refractivity contribution < 1.29 is 14.3 Å². The summed E-state index contributed by atoms with van der Waals surface area (Å²) in [5.74, 6) is 1.38. The first-order chi connectivity index (χ1) is 18.1. The molecule has 0 fully saturated rings. The molecule has 2 heterocycles. The van der Waals surface area contributed by atoms with E-state index in [1.165, 1.54) is 13.4 Å². The van der Waals surface area contributed by atoms with E-state index < -0.39 is 0 Å². The number of ether oxygens (including phenoxy) is 2. The van der Waals surface area contributed by atoms with Crippen molar-refractivity contribution in [3.05, 3.63) is 64.4 Å². The lowest BCUT2D eigenvalue weighted by Gasteiger charge is -2.21. The molecule has 0 aliphatic heterocycles. The van der Waals surface area contributed by atoms with Crippen molar-refractivity contribution >= 4 is 46.2 Å². The smallest absolute Gasteiger partial charge is 0.308 e. The Kier molecular flexibility index (Phi) is 8.43. The van der Waals surface area contributed by atoms with Gasteiger partial charge < -0.3 is 19.4 Å². The molecule has 2 aromatic heterocycles. The number of nitrogens with one attached hydrogen (secondary N) is 1. The van der Waals surface area contributed by atoms with E-state index in [-0.39, 0.29) is 17.4 Å². The highest BCUT2D eigenvalue weighted by Gasteiger charge is 2.22. The topological polar surface area (TPSA) is 91.2 Å². The first-order valence-electron chi connectivity index (χ1n) is 12.3. The van der Waals surface area contributed by atoms with Gasteiger partial charge in [-0.3, -0.25) is 4.79 Å². The Morgan fingerprint density at radius 3 is 2.61 bits per heavy atom. The predicted molar refractivity (Wildman–Crippen MR) is 151 cm³/mol. The third kappa shape index (κ3) is 6.55. The summed E-state index contributed by atoms with van der Waals surface area (Å²) in [6, 6.07) is 13.1. The van der Waals surface area contributed by atoms with Gasteiger partial charge in [-0.1, -0.05) is 42.3 Å². The molecule has 0 aliphatic rings. The normalized spacial score (nSPS) is 12.4. The Morgan fingerprint density at radius 2 is 1.92 bits per heavy atom. The lowest BCUT2D eigenvalue weighted by atomic mass is 10.1. The van der Waals surface area contributed by atoms with Gasteiger partial charge in [-0.05, 0) is 63.1 Å². The van der Waals surface area contributed by atoms with Gasteiger partial charge in [-0.25, -0.2) is 15.0 Å². The molecule has 0 amide bonds. The number of halogens is 2. The first kappa shape index (κ1) is 27.7. The number of methoxy groups -OCH3 is 1. The van der Waals surface area contributed by atoms with Crippen LogP contribution in [0.5, 0.6) is 5.75 Å². The zero-order valence-electron chi connectivity index (χ0n) is 22.1. The van der Waals surface area contributed by atoms with Gasteiger partial charge in [-0.2, -0.15) is 0 Å². The van der Waals surface area contributed by atoms with Crippen LogP contribution < -0.4 is 10.1 Å². The van der Waals surface area contributed by atoms with Crippen molar-refractivity contribution in [2.24, 2.45) is 5.92 Å². The molecule has 1 N–H and O–H groups in total. The fraction of sp³-hybridized carbons (Fsp3) is 0.357. The number of anilines is 1. The summed E-state index contributed by atoms with van der Waals surface area (Å²) in [5.41, 5.74) is 2.82. The van der Waals surface area contributed by atoms with Crippen molar-refractivity contribution in [1.29, 1.82) is 0 Å². The van der Waals surface area contributed by atoms with Crippen LogP contribution >= 0.6 is 23.2 Å². The minimum Gasteiger partial charge on any atom is -0.494 e. The minimum atomic E-state index is -0.260. The zero-order valence-corrected chi connectivity index (χ0v) is 23.6. The Bertz CT molecular complexity index is 1450. The summed E-state index contributed by atoms with van der Waals surface area (Å²) in [6.07, 6.45) is 2.06. The second-order valence-corrected chi connectivity index (χ2v) is 11.0. The average Bonchev–Trinajstić information content (AvgIpc) is 3.21. The highest BCUT2D eigenvalue weighted by atomic mass is 35.5. The molecule has 0 saturated carbocycles. The summed E-state index contributed by atoms with van der Waals surface area (Å²) in [7, 11) is 1.38. The van der Waals surface area contributed by atoms with Crippen LogP contribution in [0.15, 0.2) is 48.8 Å².